The van der Waals surface area contributed by atoms with Crippen molar-refractivity contribution in [2.75, 3.05) is 38.2 Å². The molecule has 0 saturated carbocycles. The third-order valence-electron chi connectivity index (χ3n) is 7.67. The molecular formula is C29H38F5N5O6. The van der Waals surface area contributed by atoms with Crippen LogP contribution in [0.5, 0.6) is 0 Å². The molecule has 1 aromatic carbocycles. The molecule has 0 spiro atoms. The number of carbonyl (C=O) groups excluding carboxylic acids is 5. The highest BCUT2D eigenvalue weighted by molar-refractivity contribution is 6.00. The molecule has 2 fully saturated rings. The number of urea groups is 1. The first-order valence-electron chi connectivity index (χ1n) is 14.6. The summed E-state index contributed by atoms with van der Waals surface area (Å²) in [6.45, 7) is 7.56. The summed E-state index contributed by atoms with van der Waals surface area (Å²) in [7, 11) is 0. The van der Waals surface area contributed by atoms with Gasteiger partial charge in [0.2, 0.25) is 17.6 Å². The number of ketones is 1. The van der Waals surface area contributed by atoms with Gasteiger partial charge in [0.05, 0.1) is 19.3 Å². The fourth-order valence-electron chi connectivity index (χ4n) is 5.01. The van der Waals surface area contributed by atoms with Crippen LogP contribution in [0.15, 0.2) is 24.3 Å². The van der Waals surface area contributed by atoms with Gasteiger partial charge in [0, 0.05) is 30.9 Å². The van der Waals surface area contributed by atoms with Crippen LogP contribution in [0, 0.1) is 11.8 Å². The van der Waals surface area contributed by atoms with Crippen LogP contribution in [0.1, 0.15) is 50.9 Å². The second-order valence-electron chi connectivity index (χ2n) is 11.7. The monoisotopic (exact) mass is 647 g/mol. The Hall–Kier alpha value is -3.82. The van der Waals surface area contributed by atoms with Gasteiger partial charge in [0.1, 0.15) is 12.1 Å². The number of likely N-dealkylation sites (tertiary alicyclic amines) is 1. The molecule has 16 heteroatoms. The minimum atomic E-state index is -6.14. The quantitative estimate of drug-likeness (QED) is 0.334. The summed E-state index contributed by atoms with van der Waals surface area (Å²) < 4.78 is 71.4. The van der Waals surface area contributed by atoms with Gasteiger partial charge in [-0.1, -0.05) is 27.7 Å². The maximum atomic E-state index is 13.8. The van der Waals surface area contributed by atoms with Crippen molar-refractivity contribution in [3.63, 3.8) is 0 Å². The molecule has 3 unspecified atom stereocenters. The zero-order valence-corrected chi connectivity index (χ0v) is 25.4. The number of morpholine rings is 1. The minimum absolute atomic E-state index is 0.0621. The maximum absolute atomic E-state index is 13.8. The largest absolute Gasteiger partial charge is 0.461 e. The lowest BCUT2D eigenvalue weighted by atomic mass is 9.95. The van der Waals surface area contributed by atoms with Gasteiger partial charge in [-0.25, -0.2) is 4.79 Å². The lowest BCUT2D eigenvalue weighted by Crippen LogP contribution is -2.60. The average molecular weight is 648 g/mol. The van der Waals surface area contributed by atoms with Crippen LogP contribution in [0.4, 0.5) is 32.4 Å². The predicted molar refractivity (Wildman–Crippen MR) is 151 cm³/mol. The average Bonchev–Trinajstić information content (AvgIpc) is 3.48. The van der Waals surface area contributed by atoms with Gasteiger partial charge in [-0.05, 0) is 48.9 Å². The number of nitrogens with zero attached hydrogens (tertiary/aromatic N) is 2. The standard InChI is InChI=1S/C29H38F5N5O6/c1-16(2)21(23(40)28(30,31)29(32,33)34)36-25(42)20-6-5-11-39(20)26(43)22(17(3)4)37-24(41)18-7-9-19(10-8-18)35-27(44)38-12-14-45-15-13-38/h7-10,16-17,20-22H,5-6,11-15H2,1-4H3,(H,35,44)(H,36,42)(H,37,41). The lowest BCUT2D eigenvalue weighted by molar-refractivity contribution is -0.270. The van der Waals surface area contributed by atoms with Gasteiger partial charge in [-0.2, -0.15) is 22.0 Å². The van der Waals surface area contributed by atoms with Crippen LogP contribution in [0.2, 0.25) is 0 Å². The van der Waals surface area contributed by atoms with Gasteiger partial charge in [0.15, 0.2) is 0 Å². The van der Waals surface area contributed by atoms with Gasteiger partial charge in [-0.15, -0.1) is 0 Å². The molecule has 0 radical (unpaired) electrons. The number of anilines is 1. The van der Waals surface area contributed by atoms with E-state index >= 15 is 0 Å². The van der Waals surface area contributed by atoms with Crippen molar-refractivity contribution in [2.45, 2.75) is 70.8 Å². The Kier molecular flexibility index (Phi) is 11.5. The molecule has 250 valence electrons. The molecular weight excluding hydrogens is 609 g/mol. The third kappa shape index (κ3) is 8.47. The van der Waals surface area contributed by atoms with Crippen LogP contribution in [-0.2, 0) is 19.1 Å². The Bertz CT molecular complexity index is 1250. The van der Waals surface area contributed by atoms with Crippen LogP contribution >= 0.6 is 0 Å². The van der Waals surface area contributed by atoms with E-state index in [-0.39, 0.29) is 24.6 Å². The van der Waals surface area contributed by atoms with Crippen molar-refractivity contribution < 1.29 is 50.7 Å². The third-order valence-corrected chi connectivity index (χ3v) is 7.67. The molecule has 2 aliphatic rings. The summed E-state index contributed by atoms with van der Waals surface area (Å²) in [6.07, 6.45) is -5.75. The Balaban J connectivity index is 1.68. The summed E-state index contributed by atoms with van der Waals surface area (Å²) in [5.41, 5.74) is 0.619. The van der Waals surface area contributed by atoms with E-state index in [0.29, 0.717) is 38.4 Å². The van der Waals surface area contributed by atoms with Gasteiger partial charge in [0.25, 0.3) is 5.91 Å². The molecule has 0 aromatic heterocycles. The summed E-state index contributed by atoms with van der Waals surface area (Å²) >= 11 is 0. The lowest BCUT2D eigenvalue weighted by Gasteiger charge is -2.32. The first kappa shape index (κ1) is 35.7. The molecule has 2 aliphatic heterocycles. The SMILES string of the molecule is CC(C)C(NC(=O)c1ccc(NC(=O)N2CCOCC2)cc1)C(=O)N1CCCC1C(=O)NC(C(=O)C(F)(F)C(F)(F)F)C(C)C. The van der Waals surface area contributed by atoms with Crippen LogP contribution in [-0.4, -0.2) is 102 Å². The highest BCUT2D eigenvalue weighted by Crippen LogP contribution is 2.37. The number of hydrogen-bond donors (Lipinski definition) is 3. The zero-order chi connectivity index (χ0) is 33.7. The normalized spacial score (nSPS) is 18.9. The number of rotatable bonds is 10. The summed E-state index contributed by atoms with van der Waals surface area (Å²) in [4.78, 5) is 67.0. The predicted octanol–water partition coefficient (Wildman–Crippen LogP) is 3.20. The number of ether oxygens (including phenoxy) is 1. The highest BCUT2D eigenvalue weighted by Gasteiger charge is 2.64. The maximum Gasteiger partial charge on any atom is 0.461 e. The molecule has 11 nitrogen and oxygen atoms in total. The molecule has 0 aliphatic carbocycles. The van der Waals surface area contributed by atoms with E-state index in [1.54, 1.807) is 18.7 Å². The van der Waals surface area contributed by atoms with Crippen molar-refractivity contribution in [3.05, 3.63) is 29.8 Å². The Morgan fingerprint density at radius 2 is 1.42 bits per heavy atom. The van der Waals surface area contributed by atoms with Crippen LogP contribution in [0.25, 0.3) is 0 Å². The Morgan fingerprint density at radius 1 is 0.844 bits per heavy atom. The number of nitrogens with one attached hydrogen (secondary N) is 3. The van der Waals surface area contributed by atoms with Gasteiger partial charge < -0.3 is 30.5 Å². The van der Waals surface area contributed by atoms with Crippen molar-refractivity contribution in [2.24, 2.45) is 11.8 Å². The molecule has 5 amide bonds. The number of benzene rings is 1. The van der Waals surface area contributed by atoms with Crippen molar-refractivity contribution >= 4 is 35.2 Å². The molecule has 45 heavy (non-hydrogen) atoms. The summed E-state index contributed by atoms with van der Waals surface area (Å²) in [5.74, 6) is -12.1. The smallest absolute Gasteiger partial charge is 0.378 e. The van der Waals surface area contributed by atoms with E-state index < -0.39 is 65.6 Å². The topological polar surface area (TPSA) is 137 Å². The van der Waals surface area contributed by atoms with Gasteiger partial charge >= 0.3 is 18.1 Å². The van der Waals surface area contributed by atoms with E-state index in [2.05, 4.69) is 10.6 Å². The first-order chi connectivity index (χ1) is 21.0. The molecule has 3 N–H and O–H groups in total. The first-order valence-corrected chi connectivity index (χ1v) is 14.6. The highest BCUT2D eigenvalue weighted by atomic mass is 19.4. The Morgan fingerprint density at radius 3 is 1.96 bits per heavy atom. The number of carbonyl (C=O) groups is 5. The number of halogens is 5. The molecule has 2 heterocycles. The number of amides is 5. The van der Waals surface area contributed by atoms with E-state index in [1.807, 2.05) is 5.32 Å². The van der Waals surface area contributed by atoms with E-state index in [9.17, 15) is 45.9 Å². The second-order valence-corrected chi connectivity index (χ2v) is 11.7. The van der Waals surface area contributed by atoms with E-state index in [1.165, 1.54) is 38.1 Å². The van der Waals surface area contributed by atoms with Gasteiger partial charge in [-0.3, -0.25) is 19.2 Å². The number of alkyl halides is 5. The number of Topliss-reactive ketones (excluding diaryl/α,β-unsaturated/α-hetero) is 1. The van der Waals surface area contributed by atoms with E-state index in [4.69, 9.17) is 4.74 Å². The molecule has 1 aromatic rings. The molecule has 0 bridgehead atoms. The summed E-state index contributed by atoms with van der Waals surface area (Å²) in [5, 5.41) is 7.38. The van der Waals surface area contributed by atoms with Crippen molar-refractivity contribution in [1.29, 1.82) is 0 Å². The fraction of sp³-hybridized carbons (Fsp3) is 0.621. The Labute approximate surface area is 257 Å². The summed E-state index contributed by atoms with van der Waals surface area (Å²) in [6, 6.07) is 1.11. The fourth-order valence-corrected chi connectivity index (χ4v) is 5.01. The van der Waals surface area contributed by atoms with Crippen molar-refractivity contribution in [3.8, 4) is 0 Å². The van der Waals surface area contributed by atoms with Crippen molar-refractivity contribution in [1.82, 2.24) is 20.4 Å². The molecule has 3 rings (SSSR count). The zero-order valence-electron chi connectivity index (χ0n) is 25.4. The number of hydrogen-bond acceptors (Lipinski definition) is 6. The minimum Gasteiger partial charge on any atom is -0.378 e. The molecule has 2 saturated heterocycles. The molecule has 3 atom stereocenters. The van der Waals surface area contributed by atoms with Crippen LogP contribution < -0.4 is 16.0 Å². The van der Waals surface area contributed by atoms with E-state index in [0.717, 1.165) is 4.90 Å². The van der Waals surface area contributed by atoms with Crippen LogP contribution in [0.3, 0.4) is 0 Å². The second kappa shape index (κ2) is 14.5.